The van der Waals surface area contributed by atoms with Gasteiger partial charge < -0.3 is 15.2 Å². The Kier molecular flexibility index (Phi) is 5.03. The van der Waals surface area contributed by atoms with Crippen molar-refractivity contribution in [2.45, 2.75) is 19.1 Å². The first-order valence-electron chi connectivity index (χ1n) is 5.31. The van der Waals surface area contributed by atoms with E-state index < -0.39 is 17.6 Å². The van der Waals surface area contributed by atoms with Crippen molar-refractivity contribution >= 4 is 24.7 Å². The molecule has 1 aromatic carbocycles. The van der Waals surface area contributed by atoms with Gasteiger partial charge >= 0.3 is 12.1 Å². The van der Waals surface area contributed by atoms with Gasteiger partial charge in [-0.05, 0) is 12.5 Å². The number of benzene rings is 1. The summed E-state index contributed by atoms with van der Waals surface area (Å²) in [5.74, 6) is -1.18. The third-order valence-corrected chi connectivity index (χ3v) is 3.01. The summed E-state index contributed by atoms with van der Waals surface area (Å²) in [6, 6.07) is 9.12. The van der Waals surface area contributed by atoms with Crippen LogP contribution >= 0.6 is 12.6 Å². The largest absolute Gasteiger partial charge is 0.479 e. The van der Waals surface area contributed by atoms with E-state index in [-0.39, 0.29) is 12.4 Å². The molecule has 0 aliphatic rings. The van der Waals surface area contributed by atoms with Gasteiger partial charge in [-0.2, -0.15) is 12.6 Å². The van der Waals surface area contributed by atoms with Crippen molar-refractivity contribution in [3.63, 3.8) is 0 Å². The average Bonchev–Trinajstić information content (AvgIpc) is 2.37. The predicted molar refractivity (Wildman–Crippen MR) is 69.7 cm³/mol. The SMILES string of the molecule is C[C@](CS)(NC(=O)OCc1ccccc1)C(=O)O. The van der Waals surface area contributed by atoms with E-state index in [2.05, 4.69) is 17.9 Å². The van der Waals surface area contributed by atoms with Crippen molar-refractivity contribution in [1.82, 2.24) is 5.32 Å². The van der Waals surface area contributed by atoms with Gasteiger partial charge in [-0.3, -0.25) is 0 Å². The Labute approximate surface area is 111 Å². The quantitative estimate of drug-likeness (QED) is 0.711. The number of ether oxygens (including phenoxy) is 1. The molecule has 5 nitrogen and oxygen atoms in total. The van der Waals surface area contributed by atoms with Gasteiger partial charge in [-0.15, -0.1) is 0 Å². The smallest absolute Gasteiger partial charge is 0.408 e. The van der Waals surface area contributed by atoms with Gasteiger partial charge in [0.2, 0.25) is 0 Å². The summed E-state index contributed by atoms with van der Waals surface area (Å²) in [7, 11) is 0. The van der Waals surface area contributed by atoms with Crippen LogP contribution in [0.1, 0.15) is 12.5 Å². The second-order valence-electron chi connectivity index (χ2n) is 3.98. The molecule has 6 heteroatoms. The first kappa shape index (κ1) is 14.4. The fourth-order valence-corrected chi connectivity index (χ4v) is 1.36. The van der Waals surface area contributed by atoms with Crippen LogP contribution in [0.4, 0.5) is 4.79 Å². The molecular weight excluding hydrogens is 254 g/mol. The molecule has 0 saturated heterocycles. The summed E-state index contributed by atoms with van der Waals surface area (Å²) in [5, 5.41) is 11.2. The van der Waals surface area contributed by atoms with Gasteiger partial charge in [0.25, 0.3) is 0 Å². The minimum absolute atomic E-state index is 0.0250. The Balaban J connectivity index is 2.49. The molecule has 0 aliphatic carbocycles. The highest BCUT2D eigenvalue weighted by atomic mass is 32.1. The molecule has 0 aliphatic heterocycles. The number of nitrogens with one attached hydrogen (secondary N) is 1. The predicted octanol–water partition coefficient (Wildman–Crippen LogP) is 1.69. The molecule has 0 heterocycles. The van der Waals surface area contributed by atoms with Crippen LogP contribution in [-0.2, 0) is 16.1 Å². The van der Waals surface area contributed by atoms with Crippen molar-refractivity contribution in [3.05, 3.63) is 35.9 Å². The Bertz CT molecular complexity index is 423. The Morgan fingerprint density at radius 2 is 2.00 bits per heavy atom. The fourth-order valence-electron chi connectivity index (χ4n) is 1.15. The molecule has 0 radical (unpaired) electrons. The summed E-state index contributed by atoms with van der Waals surface area (Å²) in [5.41, 5.74) is -0.604. The number of carbonyl (C=O) groups excluding carboxylic acids is 1. The number of aliphatic carboxylic acids is 1. The number of amides is 1. The van der Waals surface area contributed by atoms with Crippen LogP contribution in [-0.4, -0.2) is 28.5 Å². The number of carboxylic acids is 1. The molecule has 0 fully saturated rings. The highest BCUT2D eigenvalue weighted by Gasteiger charge is 2.33. The van der Waals surface area contributed by atoms with Crippen molar-refractivity contribution < 1.29 is 19.4 Å². The molecule has 1 atom stereocenters. The second-order valence-corrected chi connectivity index (χ2v) is 4.30. The summed E-state index contributed by atoms with van der Waals surface area (Å²) in [6.45, 7) is 1.46. The topological polar surface area (TPSA) is 75.6 Å². The minimum atomic E-state index is -1.43. The molecule has 0 spiro atoms. The molecule has 1 amide bonds. The van der Waals surface area contributed by atoms with Crippen LogP contribution in [0.2, 0.25) is 0 Å². The van der Waals surface area contributed by atoms with E-state index in [0.29, 0.717) is 0 Å². The van der Waals surface area contributed by atoms with Gasteiger partial charge in [0.15, 0.2) is 0 Å². The number of hydrogen-bond acceptors (Lipinski definition) is 4. The summed E-state index contributed by atoms with van der Waals surface area (Å²) in [6.07, 6.45) is -0.780. The van der Waals surface area contributed by atoms with Crippen LogP contribution < -0.4 is 5.32 Å². The lowest BCUT2D eigenvalue weighted by molar-refractivity contribution is -0.142. The van der Waals surface area contributed by atoms with Gasteiger partial charge in [-0.1, -0.05) is 30.3 Å². The molecule has 0 saturated carbocycles. The molecule has 98 valence electrons. The normalized spacial score (nSPS) is 13.4. The van der Waals surface area contributed by atoms with Gasteiger partial charge in [0, 0.05) is 5.75 Å². The van der Waals surface area contributed by atoms with E-state index in [1.807, 2.05) is 30.3 Å². The maximum Gasteiger partial charge on any atom is 0.408 e. The Morgan fingerprint density at radius 3 is 2.50 bits per heavy atom. The van der Waals surface area contributed by atoms with E-state index in [4.69, 9.17) is 9.84 Å². The number of rotatable bonds is 5. The third kappa shape index (κ3) is 3.96. The molecule has 0 unspecified atom stereocenters. The molecule has 0 bridgehead atoms. The van der Waals surface area contributed by atoms with Crippen molar-refractivity contribution in [2.24, 2.45) is 0 Å². The summed E-state index contributed by atoms with van der Waals surface area (Å²) in [4.78, 5) is 22.4. The standard InChI is InChI=1S/C12H15NO4S/c1-12(8-18,10(14)15)13-11(16)17-7-9-5-3-2-4-6-9/h2-6,18H,7-8H2,1H3,(H,13,16)(H,14,15)/t12-/m1/s1. The second kappa shape index (κ2) is 6.30. The van der Waals surface area contributed by atoms with Crippen molar-refractivity contribution in [3.8, 4) is 0 Å². The lowest BCUT2D eigenvalue weighted by Gasteiger charge is -2.23. The highest BCUT2D eigenvalue weighted by molar-refractivity contribution is 7.80. The van der Waals surface area contributed by atoms with Gasteiger partial charge in [0.05, 0.1) is 0 Å². The highest BCUT2D eigenvalue weighted by Crippen LogP contribution is 2.08. The van der Waals surface area contributed by atoms with Gasteiger partial charge in [0.1, 0.15) is 12.1 Å². The fraction of sp³-hybridized carbons (Fsp3) is 0.333. The summed E-state index contributed by atoms with van der Waals surface area (Å²) >= 11 is 3.90. The summed E-state index contributed by atoms with van der Waals surface area (Å²) < 4.78 is 4.93. The van der Waals surface area contributed by atoms with E-state index >= 15 is 0 Å². The lowest BCUT2D eigenvalue weighted by Crippen LogP contribution is -2.53. The van der Waals surface area contributed by atoms with Crippen LogP contribution in [0.5, 0.6) is 0 Å². The minimum Gasteiger partial charge on any atom is -0.479 e. The Hall–Kier alpha value is -1.69. The molecule has 2 N–H and O–H groups in total. The van der Waals surface area contributed by atoms with Crippen LogP contribution in [0.25, 0.3) is 0 Å². The van der Waals surface area contributed by atoms with Gasteiger partial charge in [-0.25, -0.2) is 9.59 Å². The molecule has 0 aromatic heterocycles. The van der Waals surface area contributed by atoms with E-state index in [9.17, 15) is 9.59 Å². The number of alkyl carbamates (subject to hydrolysis) is 1. The van der Waals surface area contributed by atoms with Crippen LogP contribution in [0.15, 0.2) is 30.3 Å². The Morgan fingerprint density at radius 1 is 1.39 bits per heavy atom. The number of carboxylic acid groups (broad SMARTS) is 1. The third-order valence-electron chi connectivity index (χ3n) is 2.38. The van der Waals surface area contributed by atoms with E-state index in [1.54, 1.807) is 0 Å². The molecule has 18 heavy (non-hydrogen) atoms. The van der Waals surface area contributed by atoms with Crippen molar-refractivity contribution in [2.75, 3.05) is 5.75 Å². The zero-order valence-corrected chi connectivity index (χ0v) is 10.8. The van der Waals surface area contributed by atoms with Crippen LogP contribution in [0, 0.1) is 0 Å². The lowest BCUT2D eigenvalue weighted by atomic mass is 10.1. The molecular formula is C12H15NO4S. The van der Waals surface area contributed by atoms with E-state index in [0.717, 1.165) is 5.56 Å². The number of carbonyl (C=O) groups is 2. The number of thiol groups is 1. The monoisotopic (exact) mass is 269 g/mol. The molecule has 1 aromatic rings. The zero-order chi connectivity index (χ0) is 13.6. The molecule has 1 rings (SSSR count). The average molecular weight is 269 g/mol. The van der Waals surface area contributed by atoms with E-state index in [1.165, 1.54) is 6.92 Å². The van der Waals surface area contributed by atoms with Crippen molar-refractivity contribution in [1.29, 1.82) is 0 Å². The number of hydrogen-bond donors (Lipinski definition) is 3. The first-order chi connectivity index (χ1) is 8.48. The zero-order valence-electron chi connectivity index (χ0n) is 9.92. The first-order valence-corrected chi connectivity index (χ1v) is 5.94. The maximum atomic E-state index is 11.5. The maximum absolute atomic E-state index is 11.5. The van der Waals surface area contributed by atoms with Crippen LogP contribution in [0.3, 0.4) is 0 Å².